The van der Waals surface area contributed by atoms with Crippen molar-refractivity contribution in [2.45, 2.75) is 5.67 Å². The third kappa shape index (κ3) is 1.48. The number of rotatable bonds is 2. The molecule has 1 aliphatic heterocycles. The van der Waals surface area contributed by atoms with Gasteiger partial charge in [0.1, 0.15) is 11.6 Å². The summed E-state index contributed by atoms with van der Waals surface area (Å²) in [6.07, 6.45) is 2.95. The van der Waals surface area contributed by atoms with E-state index in [1.54, 1.807) is 4.90 Å². The Morgan fingerprint density at radius 1 is 1.57 bits per heavy atom. The lowest BCUT2D eigenvalue weighted by Crippen LogP contribution is -2.61. The Kier molecular flexibility index (Phi) is 1.99. The monoisotopic (exact) mass is 198 g/mol. The molecule has 1 saturated heterocycles. The molecule has 14 heavy (non-hydrogen) atoms. The van der Waals surface area contributed by atoms with Crippen molar-refractivity contribution in [2.75, 3.05) is 30.3 Å². The largest absolute Gasteiger partial charge is 0.393 e. The topological polar surface area (TPSA) is 75.3 Å². The van der Waals surface area contributed by atoms with Gasteiger partial charge in [-0.2, -0.15) is 0 Å². The van der Waals surface area contributed by atoms with E-state index in [1.807, 2.05) is 0 Å². The number of nitrogens with zero attached hydrogens (tertiary/aromatic N) is 3. The minimum absolute atomic E-state index is 0.141. The first-order valence-corrected chi connectivity index (χ1v) is 4.25. The molecule has 2 heterocycles. The molecule has 5 nitrogen and oxygen atoms in total. The Labute approximate surface area is 80.4 Å². The first-order chi connectivity index (χ1) is 6.63. The number of nitrogen functional groups attached to an aromatic ring is 1. The van der Waals surface area contributed by atoms with Crippen molar-refractivity contribution in [3.05, 3.63) is 12.4 Å². The van der Waals surface area contributed by atoms with Gasteiger partial charge in [-0.25, -0.2) is 9.37 Å². The van der Waals surface area contributed by atoms with Gasteiger partial charge in [0.25, 0.3) is 0 Å². The second-order valence-corrected chi connectivity index (χ2v) is 3.47. The number of nitrogens with two attached hydrogens (primary N) is 1. The summed E-state index contributed by atoms with van der Waals surface area (Å²) in [5.41, 5.74) is 3.94. The molecule has 6 heteroatoms. The number of halogens is 1. The van der Waals surface area contributed by atoms with Crippen LogP contribution in [-0.2, 0) is 0 Å². The molecule has 1 aliphatic rings. The van der Waals surface area contributed by atoms with Crippen molar-refractivity contribution in [3.63, 3.8) is 0 Å². The van der Waals surface area contributed by atoms with E-state index in [-0.39, 0.29) is 13.1 Å². The smallest absolute Gasteiger partial charge is 0.168 e. The second-order valence-electron chi connectivity index (χ2n) is 3.47. The number of hydrogen-bond acceptors (Lipinski definition) is 5. The molecule has 76 valence electrons. The molecule has 0 unspecified atom stereocenters. The normalized spacial score (nSPS) is 19.1. The molecular formula is C8H11FN4O. The highest BCUT2D eigenvalue weighted by Crippen LogP contribution is 2.28. The van der Waals surface area contributed by atoms with Gasteiger partial charge in [0, 0.05) is 0 Å². The summed E-state index contributed by atoms with van der Waals surface area (Å²) in [5, 5.41) is 8.70. The van der Waals surface area contributed by atoms with E-state index < -0.39 is 12.3 Å². The van der Waals surface area contributed by atoms with Crippen LogP contribution in [0.15, 0.2) is 12.4 Å². The highest BCUT2D eigenvalue weighted by atomic mass is 19.1. The van der Waals surface area contributed by atoms with Gasteiger partial charge in [-0.1, -0.05) is 0 Å². The van der Waals surface area contributed by atoms with Crippen LogP contribution >= 0.6 is 0 Å². The summed E-state index contributed by atoms with van der Waals surface area (Å²) in [5.74, 6) is 0.856. The SMILES string of the molecule is Nc1cncc(N2CC(F)(CO)C2)n1. The highest BCUT2D eigenvalue weighted by molar-refractivity contribution is 5.45. The molecule has 0 amide bonds. The number of hydrogen-bond donors (Lipinski definition) is 2. The maximum atomic E-state index is 13.3. The van der Waals surface area contributed by atoms with Crippen LogP contribution in [0.5, 0.6) is 0 Å². The van der Waals surface area contributed by atoms with E-state index in [0.717, 1.165) is 0 Å². The molecular weight excluding hydrogens is 187 g/mol. The minimum atomic E-state index is -1.49. The van der Waals surface area contributed by atoms with Gasteiger partial charge in [0.15, 0.2) is 5.67 Å². The van der Waals surface area contributed by atoms with Gasteiger partial charge in [-0.05, 0) is 0 Å². The quantitative estimate of drug-likeness (QED) is 0.675. The van der Waals surface area contributed by atoms with Crippen LogP contribution in [0.3, 0.4) is 0 Å². The zero-order valence-electron chi connectivity index (χ0n) is 7.52. The maximum Gasteiger partial charge on any atom is 0.168 e. The fraction of sp³-hybridized carbons (Fsp3) is 0.500. The average molecular weight is 198 g/mol. The molecule has 0 aromatic carbocycles. The Balaban J connectivity index is 2.06. The summed E-state index contributed by atoms with van der Waals surface area (Å²) >= 11 is 0. The van der Waals surface area contributed by atoms with Gasteiger partial charge in [0.05, 0.1) is 32.1 Å². The first-order valence-electron chi connectivity index (χ1n) is 4.25. The van der Waals surface area contributed by atoms with Crippen molar-refractivity contribution in [2.24, 2.45) is 0 Å². The fourth-order valence-corrected chi connectivity index (χ4v) is 1.42. The lowest BCUT2D eigenvalue weighted by molar-refractivity contribution is 0.0440. The van der Waals surface area contributed by atoms with Crippen molar-refractivity contribution >= 4 is 11.6 Å². The van der Waals surface area contributed by atoms with Gasteiger partial charge in [0.2, 0.25) is 0 Å². The third-order valence-electron chi connectivity index (χ3n) is 2.20. The van der Waals surface area contributed by atoms with E-state index in [1.165, 1.54) is 12.4 Å². The van der Waals surface area contributed by atoms with Gasteiger partial charge in [-0.3, -0.25) is 4.98 Å². The van der Waals surface area contributed by atoms with Gasteiger partial charge in [-0.15, -0.1) is 0 Å². The molecule has 1 aromatic heterocycles. The summed E-state index contributed by atoms with van der Waals surface area (Å²) in [6, 6.07) is 0. The zero-order valence-corrected chi connectivity index (χ0v) is 7.52. The lowest BCUT2D eigenvalue weighted by Gasteiger charge is -2.43. The molecule has 0 spiro atoms. The number of aromatic nitrogens is 2. The Morgan fingerprint density at radius 2 is 2.29 bits per heavy atom. The van der Waals surface area contributed by atoms with Gasteiger partial charge >= 0.3 is 0 Å². The maximum absolute atomic E-state index is 13.3. The average Bonchev–Trinajstić information content (AvgIpc) is 2.13. The number of aliphatic hydroxyl groups is 1. The van der Waals surface area contributed by atoms with Crippen LogP contribution in [0.4, 0.5) is 16.0 Å². The molecule has 0 aliphatic carbocycles. The van der Waals surface area contributed by atoms with Crippen LogP contribution < -0.4 is 10.6 Å². The van der Waals surface area contributed by atoms with Crippen molar-refractivity contribution in [3.8, 4) is 0 Å². The number of aliphatic hydroxyl groups excluding tert-OH is 1. The minimum Gasteiger partial charge on any atom is -0.393 e. The molecule has 0 radical (unpaired) electrons. The van der Waals surface area contributed by atoms with E-state index >= 15 is 0 Å². The van der Waals surface area contributed by atoms with Crippen molar-refractivity contribution in [1.29, 1.82) is 0 Å². The number of alkyl halides is 1. The molecule has 2 rings (SSSR count). The van der Waals surface area contributed by atoms with E-state index in [2.05, 4.69) is 9.97 Å². The molecule has 1 fully saturated rings. The first kappa shape index (κ1) is 9.14. The summed E-state index contributed by atoms with van der Waals surface area (Å²) in [7, 11) is 0. The summed E-state index contributed by atoms with van der Waals surface area (Å²) in [6.45, 7) is -0.178. The molecule has 3 N–H and O–H groups in total. The Bertz CT molecular complexity index is 340. The van der Waals surface area contributed by atoms with Crippen LogP contribution in [0, 0.1) is 0 Å². The van der Waals surface area contributed by atoms with Gasteiger partial charge < -0.3 is 15.7 Å². The van der Waals surface area contributed by atoms with Crippen molar-refractivity contribution < 1.29 is 9.50 Å². The second kappa shape index (κ2) is 3.06. The molecule has 0 saturated carbocycles. The Hall–Kier alpha value is -1.43. The lowest BCUT2D eigenvalue weighted by atomic mass is 9.98. The molecule has 1 aromatic rings. The molecule has 0 atom stereocenters. The number of anilines is 2. The standard InChI is InChI=1S/C8H11FN4O/c9-8(5-14)3-13(4-8)7-2-11-1-6(10)12-7/h1-2,14H,3-5H2,(H2,10,12). The predicted molar refractivity (Wildman–Crippen MR) is 49.6 cm³/mol. The van der Waals surface area contributed by atoms with Crippen molar-refractivity contribution in [1.82, 2.24) is 9.97 Å². The van der Waals surface area contributed by atoms with Crippen LogP contribution in [-0.4, -0.2) is 40.4 Å². The summed E-state index contributed by atoms with van der Waals surface area (Å²) < 4.78 is 13.3. The van der Waals surface area contributed by atoms with Crippen LogP contribution in [0.1, 0.15) is 0 Å². The Morgan fingerprint density at radius 3 is 2.86 bits per heavy atom. The molecule has 0 bridgehead atoms. The van der Waals surface area contributed by atoms with Crippen LogP contribution in [0.2, 0.25) is 0 Å². The van der Waals surface area contributed by atoms with Crippen LogP contribution in [0.25, 0.3) is 0 Å². The van der Waals surface area contributed by atoms with E-state index in [9.17, 15) is 4.39 Å². The summed E-state index contributed by atoms with van der Waals surface area (Å²) in [4.78, 5) is 9.51. The highest BCUT2D eigenvalue weighted by Gasteiger charge is 2.43. The van der Waals surface area contributed by atoms with E-state index in [0.29, 0.717) is 11.6 Å². The van der Waals surface area contributed by atoms with E-state index in [4.69, 9.17) is 10.8 Å². The fourth-order valence-electron chi connectivity index (χ4n) is 1.42. The predicted octanol–water partition coefficient (Wildman–Crippen LogP) is -0.421. The zero-order chi connectivity index (χ0) is 10.2. The third-order valence-corrected chi connectivity index (χ3v) is 2.20.